The van der Waals surface area contributed by atoms with Crippen LogP contribution in [-0.2, 0) is 4.74 Å². The highest BCUT2D eigenvalue weighted by Crippen LogP contribution is 2.22. The molecule has 1 aromatic rings. The van der Waals surface area contributed by atoms with Crippen LogP contribution in [0.3, 0.4) is 0 Å². The quantitative estimate of drug-likeness (QED) is 0.848. The topological polar surface area (TPSA) is 47.6 Å². The van der Waals surface area contributed by atoms with E-state index in [9.17, 15) is 0 Å². The van der Waals surface area contributed by atoms with Crippen molar-refractivity contribution < 1.29 is 4.74 Å². The molecule has 0 aromatic heterocycles. The summed E-state index contributed by atoms with van der Waals surface area (Å²) in [4.78, 5) is 4.56. The van der Waals surface area contributed by atoms with E-state index in [2.05, 4.69) is 34.8 Å². The van der Waals surface area contributed by atoms with E-state index in [0.717, 1.165) is 10.0 Å². The van der Waals surface area contributed by atoms with Crippen molar-refractivity contribution in [2.75, 3.05) is 12.3 Å². The third-order valence-electron chi connectivity index (χ3n) is 2.61. The molecule has 1 aliphatic heterocycles. The van der Waals surface area contributed by atoms with Gasteiger partial charge in [0.15, 0.2) is 0 Å². The summed E-state index contributed by atoms with van der Waals surface area (Å²) >= 11 is 3.41. The summed E-state index contributed by atoms with van der Waals surface area (Å²) in [6.07, 6.45) is 0. The van der Waals surface area contributed by atoms with Crippen LogP contribution in [-0.4, -0.2) is 18.5 Å². The zero-order valence-electron chi connectivity index (χ0n) is 9.40. The highest BCUT2D eigenvalue weighted by Gasteiger charge is 2.22. The van der Waals surface area contributed by atoms with Gasteiger partial charge in [-0.15, -0.1) is 0 Å². The van der Waals surface area contributed by atoms with E-state index >= 15 is 0 Å². The van der Waals surface area contributed by atoms with Crippen molar-refractivity contribution in [1.29, 1.82) is 0 Å². The second-order valence-electron chi connectivity index (χ2n) is 4.33. The molecule has 16 heavy (non-hydrogen) atoms. The van der Waals surface area contributed by atoms with Gasteiger partial charge in [0.1, 0.15) is 6.61 Å². The van der Waals surface area contributed by atoms with Crippen LogP contribution in [0, 0.1) is 5.92 Å². The van der Waals surface area contributed by atoms with Crippen LogP contribution in [0.4, 0.5) is 5.69 Å². The van der Waals surface area contributed by atoms with Crippen LogP contribution in [0.15, 0.2) is 27.7 Å². The van der Waals surface area contributed by atoms with Crippen molar-refractivity contribution in [2.24, 2.45) is 10.9 Å². The minimum Gasteiger partial charge on any atom is -0.475 e. The largest absolute Gasteiger partial charge is 0.475 e. The fourth-order valence-electron chi connectivity index (χ4n) is 1.62. The first kappa shape index (κ1) is 11.5. The van der Waals surface area contributed by atoms with E-state index in [1.807, 2.05) is 18.2 Å². The molecule has 0 radical (unpaired) electrons. The van der Waals surface area contributed by atoms with Crippen LogP contribution in [0.25, 0.3) is 0 Å². The van der Waals surface area contributed by atoms with Gasteiger partial charge in [-0.2, -0.15) is 0 Å². The van der Waals surface area contributed by atoms with Crippen molar-refractivity contribution in [2.45, 2.75) is 19.9 Å². The molecule has 1 aliphatic rings. The summed E-state index contributed by atoms with van der Waals surface area (Å²) in [5.74, 6) is 1.20. The van der Waals surface area contributed by atoms with Gasteiger partial charge in [0.25, 0.3) is 0 Å². The monoisotopic (exact) mass is 282 g/mol. The first-order valence-electron chi connectivity index (χ1n) is 5.33. The Morgan fingerprint density at radius 3 is 2.75 bits per heavy atom. The summed E-state index contributed by atoms with van der Waals surface area (Å²) in [5.41, 5.74) is 7.43. The lowest BCUT2D eigenvalue weighted by atomic mass is 10.1. The van der Waals surface area contributed by atoms with Crippen molar-refractivity contribution in [3.63, 3.8) is 0 Å². The molecule has 1 heterocycles. The predicted octanol–water partition coefficient (Wildman–Crippen LogP) is 2.83. The number of nitrogens with zero attached hydrogens (tertiary/aromatic N) is 1. The Bertz CT molecular complexity index is 409. The number of halogens is 1. The van der Waals surface area contributed by atoms with Crippen LogP contribution in [0.2, 0.25) is 0 Å². The molecule has 1 atom stereocenters. The zero-order chi connectivity index (χ0) is 11.7. The van der Waals surface area contributed by atoms with Gasteiger partial charge in [-0.1, -0.05) is 29.8 Å². The average Bonchev–Trinajstić information content (AvgIpc) is 2.64. The number of anilines is 1. The van der Waals surface area contributed by atoms with Crippen LogP contribution in [0.1, 0.15) is 19.4 Å². The minimum atomic E-state index is 0.259. The number of hydrogen-bond acceptors (Lipinski definition) is 3. The Morgan fingerprint density at radius 1 is 1.44 bits per heavy atom. The SMILES string of the molecule is CC(C)[C@H]1COC(c2cc(N)cc(Br)c2)=N1. The molecule has 0 saturated carbocycles. The Hall–Kier alpha value is -1.03. The Morgan fingerprint density at radius 2 is 2.19 bits per heavy atom. The minimum absolute atomic E-state index is 0.259. The summed E-state index contributed by atoms with van der Waals surface area (Å²) < 4.78 is 6.54. The molecule has 0 fully saturated rings. The molecule has 86 valence electrons. The predicted molar refractivity (Wildman–Crippen MR) is 69.7 cm³/mol. The standard InChI is InChI=1S/C12H15BrN2O/c1-7(2)11-6-16-12(15-11)8-3-9(13)5-10(14)4-8/h3-5,7,11H,6,14H2,1-2H3/t11-/m1/s1. The van der Waals surface area contributed by atoms with Gasteiger partial charge in [-0.25, -0.2) is 4.99 Å². The smallest absolute Gasteiger partial charge is 0.216 e. The van der Waals surface area contributed by atoms with Gasteiger partial charge in [0.2, 0.25) is 5.90 Å². The Labute approximate surface area is 104 Å². The number of aliphatic imine (C=N–C) groups is 1. The van der Waals surface area contributed by atoms with E-state index in [-0.39, 0.29) is 6.04 Å². The Balaban J connectivity index is 2.28. The summed E-state index contributed by atoms with van der Waals surface area (Å²) in [6, 6.07) is 5.97. The molecule has 4 heteroatoms. The molecule has 0 unspecified atom stereocenters. The second kappa shape index (κ2) is 4.45. The van der Waals surface area contributed by atoms with E-state index in [4.69, 9.17) is 10.5 Å². The number of nitrogen functional groups attached to an aromatic ring is 1. The maximum atomic E-state index is 5.78. The first-order valence-corrected chi connectivity index (χ1v) is 6.12. The number of hydrogen-bond donors (Lipinski definition) is 1. The van der Waals surface area contributed by atoms with Gasteiger partial charge in [-0.05, 0) is 24.1 Å². The van der Waals surface area contributed by atoms with Gasteiger partial charge >= 0.3 is 0 Å². The first-order chi connectivity index (χ1) is 7.56. The fraction of sp³-hybridized carbons (Fsp3) is 0.417. The molecule has 0 bridgehead atoms. The highest BCUT2D eigenvalue weighted by molar-refractivity contribution is 9.10. The van der Waals surface area contributed by atoms with Crippen LogP contribution in [0.5, 0.6) is 0 Å². The molecule has 2 rings (SSSR count). The normalized spacial score (nSPS) is 19.8. The lowest BCUT2D eigenvalue weighted by Gasteiger charge is -2.06. The lowest BCUT2D eigenvalue weighted by Crippen LogP contribution is -2.13. The summed E-state index contributed by atoms with van der Waals surface area (Å²) in [7, 11) is 0. The van der Waals surface area contributed by atoms with Gasteiger partial charge in [0, 0.05) is 15.7 Å². The summed E-state index contributed by atoms with van der Waals surface area (Å²) in [6.45, 7) is 4.96. The molecule has 0 saturated heterocycles. The lowest BCUT2D eigenvalue weighted by molar-refractivity contribution is 0.292. The fourth-order valence-corrected chi connectivity index (χ4v) is 2.14. The average molecular weight is 283 g/mol. The molecular weight excluding hydrogens is 268 g/mol. The Kier molecular flexibility index (Phi) is 3.19. The zero-order valence-corrected chi connectivity index (χ0v) is 11.0. The molecule has 0 amide bonds. The van der Waals surface area contributed by atoms with E-state index in [1.165, 1.54) is 0 Å². The number of rotatable bonds is 2. The van der Waals surface area contributed by atoms with Crippen molar-refractivity contribution >= 4 is 27.5 Å². The van der Waals surface area contributed by atoms with E-state index < -0.39 is 0 Å². The van der Waals surface area contributed by atoms with Gasteiger partial charge < -0.3 is 10.5 Å². The number of ether oxygens (including phenoxy) is 1. The van der Waals surface area contributed by atoms with Gasteiger partial charge in [-0.3, -0.25) is 0 Å². The molecule has 0 spiro atoms. The molecule has 1 aromatic carbocycles. The molecule has 0 aliphatic carbocycles. The van der Waals surface area contributed by atoms with E-state index in [0.29, 0.717) is 24.1 Å². The number of nitrogens with two attached hydrogens (primary N) is 1. The van der Waals surface area contributed by atoms with Crippen molar-refractivity contribution in [1.82, 2.24) is 0 Å². The second-order valence-corrected chi connectivity index (χ2v) is 5.25. The van der Waals surface area contributed by atoms with E-state index in [1.54, 1.807) is 0 Å². The third-order valence-corrected chi connectivity index (χ3v) is 3.07. The van der Waals surface area contributed by atoms with Crippen LogP contribution < -0.4 is 5.73 Å². The van der Waals surface area contributed by atoms with Gasteiger partial charge in [0.05, 0.1) is 6.04 Å². The molecule has 3 nitrogen and oxygen atoms in total. The highest BCUT2D eigenvalue weighted by atomic mass is 79.9. The third kappa shape index (κ3) is 2.38. The molecule has 2 N–H and O–H groups in total. The van der Waals surface area contributed by atoms with Crippen molar-refractivity contribution in [3.8, 4) is 0 Å². The van der Waals surface area contributed by atoms with Crippen molar-refractivity contribution in [3.05, 3.63) is 28.2 Å². The summed E-state index contributed by atoms with van der Waals surface area (Å²) in [5, 5.41) is 0. The van der Waals surface area contributed by atoms with Crippen LogP contribution >= 0.6 is 15.9 Å². The number of benzene rings is 1. The maximum Gasteiger partial charge on any atom is 0.216 e. The maximum absolute atomic E-state index is 5.78. The molecular formula is C12H15BrN2O.